The molecule has 0 bridgehead atoms. The largest absolute Gasteiger partial charge is 0.337 e. The first kappa shape index (κ1) is 12.4. The van der Waals surface area contributed by atoms with E-state index in [-0.39, 0.29) is 23.7 Å². The molecule has 1 saturated heterocycles. The maximum atomic E-state index is 12.0. The highest BCUT2D eigenvalue weighted by atomic mass is 16.2. The molecule has 0 spiro atoms. The minimum Gasteiger partial charge on any atom is -0.337 e. The first-order valence-electron chi connectivity index (χ1n) is 6.99. The molecule has 1 aliphatic carbocycles. The molecule has 0 radical (unpaired) electrons. The van der Waals surface area contributed by atoms with E-state index in [0.29, 0.717) is 12.5 Å². The van der Waals surface area contributed by atoms with Gasteiger partial charge < -0.3 is 9.47 Å². The second kappa shape index (κ2) is 4.79. The highest BCUT2D eigenvalue weighted by Gasteiger charge is 2.50. The third-order valence-electron chi connectivity index (χ3n) is 4.24. The number of aromatic nitrogens is 2. The fourth-order valence-electron chi connectivity index (χ4n) is 3.09. The van der Waals surface area contributed by atoms with Gasteiger partial charge in [0.2, 0.25) is 5.78 Å². The SMILES string of the molecule is CC1C(=O)C(=O)N(CCCn2ccnc2)C1C1CC1. The van der Waals surface area contributed by atoms with Crippen LogP contribution in [0.25, 0.3) is 0 Å². The minimum atomic E-state index is -0.268. The second-order valence-corrected chi connectivity index (χ2v) is 5.63. The molecule has 2 atom stereocenters. The van der Waals surface area contributed by atoms with E-state index in [1.54, 1.807) is 12.5 Å². The van der Waals surface area contributed by atoms with Crippen molar-refractivity contribution in [2.45, 2.75) is 38.8 Å². The lowest BCUT2D eigenvalue weighted by molar-refractivity contribution is -0.141. The zero-order valence-corrected chi connectivity index (χ0v) is 11.2. The molecule has 2 heterocycles. The summed E-state index contributed by atoms with van der Waals surface area (Å²) in [6.45, 7) is 3.41. The summed E-state index contributed by atoms with van der Waals surface area (Å²) in [5.74, 6) is -0.0264. The van der Waals surface area contributed by atoms with Crippen LogP contribution < -0.4 is 0 Å². The Morgan fingerprint density at radius 3 is 2.74 bits per heavy atom. The summed E-state index contributed by atoms with van der Waals surface area (Å²) in [7, 11) is 0. The fourth-order valence-corrected chi connectivity index (χ4v) is 3.09. The topological polar surface area (TPSA) is 55.2 Å². The third-order valence-corrected chi connectivity index (χ3v) is 4.24. The first-order valence-corrected chi connectivity index (χ1v) is 6.99. The summed E-state index contributed by atoms with van der Waals surface area (Å²) >= 11 is 0. The van der Waals surface area contributed by atoms with Crippen molar-refractivity contribution in [2.75, 3.05) is 6.54 Å². The third kappa shape index (κ3) is 2.29. The Balaban J connectivity index is 1.61. The van der Waals surface area contributed by atoms with Gasteiger partial charge in [-0.3, -0.25) is 9.59 Å². The Labute approximate surface area is 112 Å². The first-order chi connectivity index (χ1) is 9.18. The second-order valence-electron chi connectivity index (χ2n) is 5.63. The normalized spacial score (nSPS) is 27.3. The van der Waals surface area contributed by atoms with Crippen LogP contribution in [0.2, 0.25) is 0 Å². The molecule has 5 heteroatoms. The number of carbonyl (C=O) groups excluding carboxylic acids is 2. The molecule has 3 rings (SSSR count). The summed E-state index contributed by atoms with van der Waals surface area (Å²) in [6, 6.07) is 0.155. The maximum Gasteiger partial charge on any atom is 0.290 e. The molecule has 1 saturated carbocycles. The number of ketones is 1. The van der Waals surface area contributed by atoms with Crippen LogP contribution in [0.3, 0.4) is 0 Å². The molecule has 0 aromatic carbocycles. The van der Waals surface area contributed by atoms with Crippen LogP contribution in [-0.4, -0.2) is 38.7 Å². The van der Waals surface area contributed by atoms with E-state index in [1.807, 2.05) is 22.6 Å². The molecular formula is C14H19N3O2. The Hall–Kier alpha value is -1.65. The van der Waals surface area contributed by atoms with Crippen molar-refractivity contribution in [3.63, 3.8) is 0 Å². The maximum absolute atomic E-state index is 12.0. The van der Waals surface area contributed by atoms with Crippen molar-refractivity contribution >= 4 is 11.7 Å². The lowest BCUT2D eigenvalue weighted by atomic mass is 9.98. The van der Waals surface area contributed by atoms with E-state index in [2.05, 4.69) is 4.98 Å². The zero-order chi connectivity index (χ0) is 13.4. The average molecular weight is 261 g/mol. The molecule has 1 aromatic heterocycles. The number of likely N-dealkylation sites (tertiary alicyclic amines) is 1. The Morgan fingerprint density at radius 2 is 2.11 bits per heavy atom. The Kier molecular flexibility index (Phi) is 3.12. The molecular weight excluding hydrogens is 242 g/mol. The van der Waals surface area contributed by atoms with Crippen molar-refractivity contribution < 1.29 is 9.59 Å². The van der Waals surface area contributed by atoms with E-state index in [0.717, 1.165) is 25.8 Å². The number of Topliss-reactive ketones (excluding diaryl/α,β-unsaturated/α-hetero) is 1. The van der Waals surface area contributed by atoms with Crippen molar-refractivity contribution in [2.24, 2.45) is 11.8 Å². The van der Waals surface area contributed by atoms with Gasteiger partial charge in [-0.15, -0.1) is 0 Å². The highest BCUT2D eigenvalue weighted by Crippen LogP contribution is 2.42. The predicted molar refractivity (Wildman–Crippen MR) is 69.2 cm³/mol. The lowest BCUT2D eigenvalue weighted by Crippen LogP contribution is -2.37. The minimum absolute atomic E-state index is 0.117. The van der Waals surface area contributed by atoms with Crippen LogP contribution in [0.1, 0.15) is 26.2 Å². The van der Waals surface area contributed by atoms with Crippen LogP contribution in [0, 0.1) is 11.8 Å². The summed E-state index contributed by atoms with van der Waals surface area (Å²) in [4.78, 5) is 29.7. The van der Waals surface area contributed by atoms with Gasteiger partial charge in [0.15, 0.2) is 0 Å². The quantitative estimate of drug-likeness (QED) is 0.746. The molecule has 19 heavy (non-hydrogen) atoms. The Morgan fingerprint density at radius 1 is 1.32 bits per heavy atom. The number of nitrogens with zero attached hydrogens (tertiary/aromatic N) is 3. The van der Waals surface area contributed by atoms with Crippen LogP contribution in [0.4, 0.5) is 0 Å². The lowest BCUT2D eigenvalue weighted by Gasteiger charge is -2.25. The molecule has 2 aliphatic rings. The van der Waals surface area contributed by atoms with Crippen LogP contribution in [0.15, 0.2) is 18.7 Å². The number of rotatable bonds is 5. The molecule has 2 unspecified atom stereocenters. The molecule has 1 amide bonds. The Bertz CT molecular complexity index is 479. The van der Waals surface area contributed by atoms with E-state index >= 15 is 0 Å². The van der Waals surface area contributed by atoms with Crippen molar-refractivity contribution in [3.8, 4) is 0 Å². The van der Waals surface area contributed by atoms with Crippen molar-refractivity contribution in [3.05, 3.63) is 18.7 Å². The van der Waals surface area contributed by atoms with Gasteiger partial charge in [0.1, 0.15) is 0 Å². The summed E-state index contributed by atoms with van der Waals surface area (Å²) in [6.07, 6.45) is 8.63. The van der Waals surface area contributed by atoms with Gasteiger partial charge in [-0.1, -0.05) is 6.92 Å². The van der Waals surface area contributed by atoms with E-state index in [4.69, 9.17) is 0 Å². The molecule has 2 fully saturated rings. The molecule has 1 aliphatic heterocycles. The highest BCUT2D eigenvalue weighted by molar-refractivity contribution is 6.39. The average Bonchev–Trinajstić information content (AvgIpc) is 3.06. The van der Waals surface area contributed by atoms with Gasteiger partial charge in [-0.25, -0.2) is 4.98 Å². The standard InChI is InChI=1S/C14H19N3O2/c1-10-12(11-3-4-11)17(14(19)13(10)18)7-2-6-16-8-5-15-9-16/h5,8-12H,2-4,6-7H2,1H3. The monoisotopic (exact) mass is 261 g/mol. The smallest absolute Gasteiger partial charge is 0.290 e. The summed E-state index contributed by atoms with van der Waals surface area (Å²) < 4.78 is 2.00. The molecule has 5 nitrogen and oxygen atoms in total. The number of amides is 1. The fraction of sp³-hybridized carbons (Fsp3) is 0.643. The van der Waals surface area contributed by atoms with E-state index < -0.39 is 0 Å². The summed E-state index contributed by atoms with van der Waals surface area (Å²) in [5, 5.41) is 0. The number of hydrogen-bond acceptors (Lipinski definition) is 3. The van der Waals surface area contributed by atoms with Gasteiger partial charge in [-0.2, -0.15) is 0 Å². The molecule has 102 valence electrons. The van der Waals surface area contributed by atoms with Crippen LogP contribution in [-0.2, 0) is 16.1 Å². The van der Waals surface area contributed by atoms with Crippen molar-refractivity contribution in [1.29, 1.82) is 0 Å². The zero-order valence-electron chi connectivity index (χ0n) is 11.2. The van der Waals surface area contributed by atoms with Gasteiger partial charge >= 0.3 is 0 Å². The van der Waals surface area contributed by atoms with Gasteiger partial charge in [0, 0.05) is 37.4 Å². The van der Waals surface area contributed by atoms with E-state index in [1.165, 1.54) is 0 Å². The van der Waals surface area contributed by atoms with Crippen LogP contribution in [0.5, 0.6) is 0 Å². The predicted octanol–water partition coefficient (Wildman–Crippen LogP) is 1.10. The van der Waals surface area contributed by atoms with Gasteiger partial charge in [0.25, 0.3) is 5.91 Å². The van der Waals surface area contributed by atoms with Crippen LogP contribution >= 0.6 is 0 Å². The summed E-state index contributed by atoms with van der Waals surface area (Å²) in [5.41, 5.74) is 0. The number of aryl methyl sites for hydroxylation is 1. The van der Waals surface area contributed by atoms with Gasteiger partial charge in [0.05, 0.1) is 6.33 Å². The number of imidazole rings is 1. The molecule has 0 N–H and O–H groups in total. The molecule has 1 aromatic rings. The van der Waals surface area contributed by atoms with Gasteiger partial charge in [-0.05, 0) is 25.2 Å². The number of carbonyl (C=O) groups is 2. The van der Waals surface area contributed by atoms with Crippen molar-refractivity contribution in [1.82, 2.24) is 14.5 Å². The number of hydrogen-bond donors (Lipinski definition) is 0. The van der Waals surface area contributed by atoms with E-state index in [9.17, 15) is 9.59 Å².